The Balaban J connectivity index is 0. The maximum Gasteiger partial charge on any atom is 1.00 e. The zero-order chi connectivity index (χ0) is 35.1. The zero-order valence-corrected chi connectivity index (χ0v) is 26.7. The molecular formula is C23H15F12KN2O6S. The van der Waals surface area contributed by atoms with Crippen molar-refractivity contribution in [2.75, 3.05) is 6.61 Å². The van der Waals surface area contributed by atoms with Crippen LogP contribution in [0.2, 0.25) is 0 Å². The van der Waals surface area contributed by atoms with E-state index in [1.54, 1.807) is 0 Å². The molecule has 0 fully saturated rings. The summed E-state index contributed by atoms with van der Waals surface area (Å²) in [5, 5.41) is 28.6. The Labute approximate surface area is 288 Å². The van der Waals surface area contributed by atoms with Crippen LogP contribution in [0.1, 0.15) is 40.3 Å². The number of hydrogen-bond donors (Lipinski definition) is 2. The first-order chi connectivity index (χ1) is 19.8. The molecule has 45 heavy (non-hydrogen) atoms. The third-order valence-corrected chi connectivity index (χ3v) is 4.90. The van der Waals surface area contributed by atoms with Crippen molar-refractivity contribution >= 4 is 16.0 Å². The molecule has 0 aliphatic carbocycles. The summed E-state index contributed by atoms with van der Waals surface area (Å²) in [6.45, 7) is 2.68. The van der Waals surface area contributed by atoms with Gasteiger partial charge in [-0.05, 0) is 31.6 Å². The van der Waals surface area contributed by atoms with E-state index < -0.39 is 109 Å². The third kappa shape index (κ3) is 11.9. The van der Waals surface area contributed by atoms with E-state index in [0.717, 1.165) is 6.92 Å². The van der Waals surface area contributed by atoms with Crippen LogP contribution < -0.4 is 56.5 Å². The van der Waals surface area contributed by atoms with Crippen LogP contribution in [-0.2, 0) is 33.9 Å². The second-order valence-corrected chi connectivity index (χ2v) is 8.62. The fourth-order valence-electron chi connectivity index (χ4n) is 3.09. The van der Waals surface area contributed by atoms with Crippen LogP contribution >= 0.6 is 0 Å². The van der Waals surface area contributed by atoms with Gasteiger partial charge in [0.2, 0.25) is 0 Å². The Morgan fingerprint density at radius 2 is 1.18 bits per heavy atom. The van der Waals surface area contributed by atoms with E-state index in [0.29, 0.717) is 6.92 Å². The molecule has 0 spiro atoms. The summed E-state index contributed by atoms with van der Waals surface area (Å²) in [5.74, 6) is -14.2. The summed E-state index contributed by atoms with van der Waals surface area (Å²) in [4.78, 5) is 0. The largest absolute Gasteiger partial charge is 1.00 e. The number of rotatable bonds is 4. The number of halogens is 12. The van der Waals surface area contributed by atoms with Gasteiger partial charge in [-0.2, -0.15) is 45.3 Å². The monoisotopic (exact) mass is 714 g/mol. The summed E-state index contributed by atoms with van der Waals surface area (Å²) in [6, 6.07) is 2.61. The van der Waals surface area contributed by atoms with E-state index in [1.807, 2.05) is 0 Å². The molecule has 0 saturated carbocycles. The van der Waals surface area contributed by atoms with Gasteiger partial charge in [0.15, 0.2) is 23.3 Å². The third-order valence-electron chi connectivity index (χ3n) is 4.90. The Hall–Kier alpha value is -2.57. The van der Waals surface area contributed by atoms with Gasteiger partial charge in [-0.1, -0.05) is 6.92 Å². The summed E-state index contributed by atoms with van der Waals surface area (Å²) in [7, 11) is -4.67. The normalized spacial score (nSPS) is 11.8. The molecule has 2 N–H and O–H groups in total. The molecule has 2 rings (SSSR count). The van der Waals surface area contributed by atoms with Crippen LogP contribution in [0.15, 0.2) is 5.95 Å². The summed E-state index contributed by atoms with van der Waals surface area (Å²) >= 11 is 0. The van der Waals surface area contributed by atoms with Crippen LogP contribution in [-0.4, -0.2) is 24.1 Å². The van der Waals surface area contributed by atoms with Crippen molar-refractivity contribution in [3.63, 3.8) is 0 Å². The Bertz CT molecular complexity index is 1560. The molecule has 0 unspecified atom stereocenters. The summed E-state index contributed by atoms with van der Waals surface area (Å²) in [5.41, 5.74) is -9.43. The van der Waals surface area contributed by atoms with Gasteiger partial charge >= 0.3 is 74.1 Å². The van der Waals surface area contributed by atoms with E-state index >= 15 is 0 Å². The van der Waals surface area contributed by atoms with E-state index in [4.69, 9.17) is 28.0 Å². The van der Waals surface area contributed by atoms with Crippen LogP contribution in [0, 0.1) is 71.4 Å². The molecule has 0 aliphatic heterocycles. The number of nitriles is 2. The molecule has 0 heterocycles. The average Bonchev–Trinajstić information content (AvgIpc) is 2.85. The number of benzene rings is 2. The van der Waals surface area contributed by atoms with Crippen molar-refractivity contribution < 1.29 is 131 Å². The minimum Gasteiger partial charge on any atom is -0.613 e. The maximum atomic E-state index is 13.8. The quantitative estimate of drug-likeness (QED) is 0.123. The molecule has 244 valence electrons. The Morgan fingerprint density at radius 3 is 1.51 bits per heavy atom. The molecule has 0 bridgehead atoms. The predicted octanol–water partition coefficient (Wildman–Crippen LogP) is 2.87. The van der Waals surface area contributed by atoms with E-state index in [9.17, 15) is 57.8 Å². The van der Waals surface area contributed by atoms with Crippen LogP contribution in [0.25, 0.3) is 5.57 Å². The van der Waals surface area contributed by atoms with Gasteiger partial charge < -0.3 is 9.84 Å². The molecule has 0 atom stereocenters. The van der Waals surface area contributed by atoms with Gasteiger partial charge in [-0.3, -0.25) is 9.11 Å². The number of ether oxygens (including phenoxy) is 1. The molecule has 2 aromatic rings. The second kappa shape index (κ2) is 17.4. The first kappa shape index (κ1) is 44.6. The predicted molar refractivity (Wildman–Crippen MR) is 120 cm³/mol. The fourth-order valence-corrected chi connectivity index (χ4v) is 3.09. The molecule has 0 saturated heterocycles. The molecule has 0 radical (unpaired) electrons. The molecule has 22 heteroatoms. The number of alkyl halides is 6. The number of allylic oxidation sites excluding steroid dienone is 1. The zero-order valence-electron chi connectivity index (χ0n) is 22.8. The van der Waals surface area contributed by atoms with Gasteiger partial charge in [-0.15, -0.1) is 0 Å². The van der Waals surface area contributed by atoms with Crippen molar-refractivity contribution in [1.82, 2.24) is 0 Å². The minimum atomic E-state index is -5.48. The van der Waals surface area contributed by atoms with E-state index in [-0.39, 0.29) is 58.0 Å². The number of nitrogens with zero attached hydrogens (tertiary/aromatic N) is 2. The van der Waals surface area contributed by atoms with Crippen molar-refractivity contribution in [2.45, 2.75) is 39.5 Å². The van der Waals surface area contributed by atoms with Gasteiger partial charge in [0.05, 0.1) is 24.0 Å². The molecule has 2 aromatic carbocycles. The first-order valence-electron chi connectivity index (χ1n) is 10.8. The van der Waals surface area contributed by atoms with Crippen molar-refractivity contribution in [1.29, 1.82) is 10.5 Å². The fraction of sp³-hybridized carbons (Fsp3) is 0.304. The van der Waals surface area contributed by atoms with Gasteiger partial charge in [-0.25, -0.2) is 26.3 Å². The molecule has 0 amide bonds. The average molecular weight is 715 g/mol. The molecular weight excluding hydrogens is 699 g/mol. The van der Waals surface area contributed by atoms with Gasteiger partial charge in [0.1, 0.15) is 28.8 Å². The van der Waals surface area contributed by atoms with Crippen LogP contribution in [0.4, 0.5) is 52.7 Å². The minimum absolute atomic E-state index is 0. The van der Waals surface area contributed by atoms with E-state index in [1.165, 1.54) is 19.1 Å². The molecule has 8 nitrogen and oxygen atoms in total. The van der Waals surface area contributed by atoms with Gasteiger partial charge in [0.25, 0.3) is 0 Å². The molecule has 0 aromatic heterocycles. The smallest absolute Gasteiger partial charge is 0.613 e. The Morgan fingerprint density at radius 1 is 0.800 bits per heavy atom. The number of hydrogen-bond acceptors (Lipinski definition) is 6. The topological polar surface area (TPSA) is 154 Å². The SMILES string of the molecule is CCO/C([O-])=C(/C#N)c1c(C)c(F)c(C(F)(F)F)c(F)c1F.Cc1c(F)c(C(F)(F)F)c(F)c(F)c1CC#N.O=S(=O)(O)O.[K+]. The maximum absolute atomic E-state index is 13.8. The standard InChI is InChI=1S/C13H9F6NO2.C10H5F6N.K.H2O4S/c1-3-22-12(21)6(4-20)7-5(2)9(14)8(13(17,18)19)11(16)10(7)15;1-4-5(2-3-17)8(12)9(13)6(7(4)11)10(14,15)16;;1-5(2,3)4/h21H,3H2,1-2H3;2H2,1H3;;(H2,1,2,3,4)/q;;+1;/p-1/b12-6-;;;. The first-order valence-corrected chi connectivity index (χ1v) is 12.2. The van der Waals surface area contributed by atoms with Crippen molar-refractivity contribution in [3.05, 3.63) is 74.2 Å². The Kier molecular flexibility index (Phi) is 17.2. The molecule has 0 aliphatic rings. The van der Waals surface area contributed by atoms with Crippen molar-refractivity contribution in [3.8, 4) is 12.1 Å². The van der Waals surface area contributed by atoms with Gasteiger partial charge in [0, 0.05) is 11.1 Å². The second-order valence-electron chi connectivity index (χ2n) is 7.72. The van der Waals surface area contributed by atoms with Crippen LogP contribution in [0.5, 0.6) is 0 Å². The van der Waals surface area contributed by atoms with Crippen molar-refractivity contribution in [2.24, 2.45) is 0 Å². The van der Waals surface area contributed by atoms with Crippen LogP contribution in [0.3, 0.4) is 0 Å². The summed E-state index contributed by atoms with van der Waals surface area (Å²) in [6.07, 6.45) is -11.5. The van der Waals surface area contributed by atoms with E-state index in [2.05, 4.69) is 4.74 Å². The summed E-state index contributed by atoms with van der Waals surface area (Å²) < 4.78 is 191.